The molecule has 3 aromatic carbocycles. The average Bonchev–Trinajstić information content (AvgIpc) is 3.23. The lowest BCUT2D eigenvalue weighted by molar-refractivity contribution is -0.125. The van der Waals surface area contributed by atoms with Gasteiger partial charge in [0.2, 0.25) is 6.10 Å². The summed E-state index contributed by atoms with van der Waals surface area (Å²) in [6.07, 6.45) is 0.766. The molecule has 36 heavy (non-hydrogen) atoms. The molecule has 0 saturated carbocycles. The van der Waals surface area contributed by atoms with Crippen molar-refractivity contribution in [3.05, 3.63) is 83.6 Å². The van der Waals surface area contributed by atoms with Crippen molar-refractivity contribution in [2.75, 3.05) is 7.11 Å². The zero-order valence-corrected chi connectivity index (χ0v) is 20.0. The highest BCUT2D eigenvalue weighted by molar-refractivity contribution is 6.12. The topological polar surface area (TPSA) is 116 Å². The normalized spacial score (nSPS) is 11.8. The van der Waals surface area contributed by atoms with E-state index in [0.717, 1.165) is 33.1 Å². The number of ether oxygens (including phenoxy) is 2. The van der Waals surface area contributed by atoms with Crippen LogP contribution in [0.1, 0.15) is 22.8 Å². The first-order chi connectivity index (χ1) is 17.4. The minimum absolute atomic E-state index is 0.360. The Kier molecular flexibility index (Phi) is 5.74. The number of fused-ring (bicyclic) bond motifs is 3. The molecular formula is C28H23N5O3. The molecule has 0 radical (unpaired) electrons. The second-order valence-electron chi connectivity index (χ2n) is 8.46. The van der Waals surface area contributed by atoms with E-state index in [-0.39, 0.29) is 0 Å². The second-order valence-corrected chi connectivity index (χ2v) is 8.46. The lowest BCUT2D eigenvalue weighted by atomic mass is 9.99. The highest BCUT2D eigenvalue weighted by Crippen LogP contribution is 2.40. The number of amides is 1. The van der Waals surface area contributed by atoms with Crippen molar-refractivity contribution in [3.8, 4) is 28.8 Å². The maximum absolute atomic E-state index is 12.3. The molecule has 0 aliphatic heterocycles. The Bertz CT molecular complexity index is 1670. The van der Waals surface area contributed by atoms with Crippen LogP contribution in [0.25, 0.3) is 33.1 Å². The Hall–Kier alpha value is -4.90. The van der Waals surface area contributed by atoms with Gasteiger partial charge in [0.25, 0.3) is 5.91 Å². The standard InChI is InChI=1S/C28H23N5O3/c1-16-11-17(14-29)9-10-19(16)26-25-20-12-24(36-27(28(30)34)18-7-5-4-6-8-18)23(35-3)13-21(20)31-15-22(25)33(2)32-26/h4-13,15,27H,1-3H3,(H2,30,34). The molecule has 1 unspecified atom stereocenters. The van der Waals surface area contributed by atoms with Crippen LogP contribution in [0.15, 0.2) is 66.9 Å². The molecule has 0 bridgehead atoms. The Labute approximate surface area is 207 Å². The number of nitrogens with zero attached hydrogens (tertiary/aromatic N) is 4. The Morgan fingerprint density at radius 1 is 1.11 bits per heavy atom. The van der Waals surface area contributed by atoms with Gasteiger partial charge in [0, 0.05) is 35.0 Å². The number of nitriles is 1. The molecule has 178 valence electrons. The molecule has 0 aliphatic carbocycles. The summed E-state index contributed by atoms with van der Waals surface area (Å²) >= 11 is 0. The number of primary amides is 1. The van der Waals surface area contributed by atoms with Gasteiger partial charge < -0.3 is 15.2 Å². The summed E-state index contributed by atoms with van der Waals surface area (Å²) in [6.45, 7) is 1.95. The van der Waals surface area contributed by atoms with Crippen LogP contribution >= 0.6 is 0 Å². The second kappa shape index (κ2) is 9.04. The first-order valence-electron chi connectivity index (χ1n) is 11.3. The fraction of sp³-hybridized carbons (Fsp3) is 0.143. The summed E-state index contributed by atoms with van der Waals surface area (Å²) in [5.41, 5.74) is 11.0. The molecule has 5 rings (SSSR count). The molecule has 8 nitrogen and oxygen atoms in total. The van der Waals surface area contributed by atoms with Crippen LogP contribution in [-0.4, -0.2) is 27.8 Å². The van der Waals surface area contributed by atoms with Gasteiger partial charge in [-0.05, 0) is 30.7 Å². The molecule has 8 heteroatoms. The fourth-order valence-electron chi connectivity index (χ4n) is 4.42. The molecule has 0 aliphatic rings. The lowest BCUT2D eigenvalue weighted by Crippen LogP contribution is -2.26. The third-order valence-corrected chi connectivity index (χ3v) is 6.18. The first kappa shape index (κ1) is 22.9. The summed E-state index contributed by atoms with van der Waals surface area (Å²) in [5, 5.41) is 15.7. The van der Waals surface area contributed by atoms with Crippen molar-refractivity contribution in [3.63, 3.8) is 0 Å². The van der Waals surface area contributed by atoms with Crippen LogP contribution in [-0.2, 0) is 11.8 Å². The number of aromatic nitrogens is 3. The van der Waals surface area contributed by atoms with Gasteiger partial charge >= 0.3 is 0 Å². The molecular weight excluding hydrogens is 454 g/mol. The van der Waals surface area contributed by atoms with Gasteiger partial charge in [-0.15, -0.1) is 0 Å². The van der Waals surface area contributed by atoms with Crippen molar-refractivity contribution in [1.82, 2.24) is 14.8 Å². The van der Waals surface area contributed by atoms with Crippen molar-refractivity contribution in [2.24, 2.45) is 12.8 Å². The number of rotatable bonds is 6. The van der Waals surface area contributed by atoms with E-state index in [0.29, 0.717) is 28.1 Å². The smallest absolute Gasteiger partial charge is 0.263 e. The zero-order valence-electron chi connectivity index (χ0n) is 20.0. The van der Waals surface area contributed by atoms with Crippen LogP contribution < -0.4 is 15.2 Å². The number of methoxy groups -OCH3 is 1. The van der Waals surface area contributed by atoms with Crippen LogP contribution in [0.2, 0.25) is 0 Å². The predicted octanol–water partition coefficient (Wildman–Crippen LogP) is 4.58. The zero-order chi connectivity index (χ0) is 25.4. The fourth-order valence-corrected chi connectivity index (χ4v) is 4.42. The van der Waals surface area contributed by atoms with Crippen LogP contribution in [0.4, 0.5) is 0 Å². The molecule has 1 amide bonds. The van der Waals surface area contributed by atoms with E-state index in [1.54, 1.807) is 35.1 Å². The molecule has 0 saturated heterocycles. The van der Waals surface area contributed by atoms with E-state index in [4.69, 9.17) is 20.3 Å². The number of carbonyl (C=O) groups is 1. The van der Waals surface area contributed by atoms with Gasteiger partial charge in [0.05, 0.1) is 36.0 Å². The van der Waals surface area contributed by atoms with Crippen LogP contribution in [0.5, 0.6) is 11.5 Å². The van der Waals surface area contributed by atoms with E-state index in [1.165, 1.54) is 7.11 Å². The predicted molar refractivity (Wildman–Crippen MR) is 136 cm³/mol. The number of benzene rings is 3. The number of pyridine rings is 1. The van der Waals surface area contributed by atoms with Gasteiger partial charge in [0.15, 0.2) is 11.5 Å². The van der Waals surface area contributed by atoms with Crippen molar-refractivity contribution in [1.29, 1.82) is 5.26 Å². The summed E-state index contributed by atoms with van der Waals surface area (Å²) in [5.74, 6) is 0.171. The summed E-state index contributed by atoms with van der Waals surface area (Å²) in [6, 6.07) is 20.4. The van der Waals surface area contributed by atoms with E-state index in [1.807, 2.05) is 50.4 Å². The van der Waals surface area contributed by atoms with E-state index >= 15 is 0 Å². The monoisotopic (exact) mass is 477 g/mol. The van der Waals surface area contributed by atoms with Crippen LogP contribution in [0, 0.1) is 18.3 Å². The van der Waals surface area contributed by atoms with Gasteiger partial charge in [0.1, 0.15) is 5.69 Å². The number of carbonyl (C=O) groups excluding carboxylic acids is 1. The molecule has 5 aromatic rings. The number of aryl methyl sites for hydroxylation is 2. The highest BCUT2D eigenvalue weighted by Gasteiger charge is 2.24. The first-order valence-corrected chi connectivity index (χ1v) is 11.3. The van der Waals surface area contributed by atoms with Crippen molar-refractivity contribution in [2.45, 2.75) is 13.0 Å². The number of nitrogens with two attached hydrogens (primary N) is 1. The number of hydrogen-bond donors (Lipinski definition) is 1. The van der Waals surface area contributed by atoms with Crippen molar-refractivity contribution < 1.29 is 14.3 Å². The minimum Gasteiger partial charge on any atom is -0.493 e. The highest BCUT2D eigenvalue weighted by atomic mass is 16.5. The average molecular weight is 478 g/mol. The lowest BCUT2D eigenvalue weighted by Gasteiger charge is -2.19. The molecule has 0 fully saturated rings. The largest absolute Gasteiger partial charge is 0.493 e. The third kappa shape index (κ3) is 3.87. The summed E-state index contributed by atoms with van der Waals surface area (Å²) in [4.78, 5) is 16.9. The quantitative estimate of drug-likeness (QED) is 0.383. The maximum atomic E-state index is 12.3. The van der Waals surface area contributed by atoms with E-state index < -0.39 is 12.0 Å². The SMILES string of the molecule is COc1cc2ncc3c(c(-c4ccc(C#N)cc4C)nn3C)c2cc1OC(C(N)=O)c1ccccc1. The summed E-state index contributed by atoms with van der Waals surface area (Å²) in [7, 11) is 3.39. The van der Waals surface area contributed by atoms with Gasteiger partial charge in [-0.25, -0.2) is 0 Å². The Morgan fingerprint density at radius 3 is 2.56 bits per heavy atom. The molecule has 2 heterocycles. The van der Waals surface area contributed by atoms with Crippen LogP contribution in [0.3, 0.4) is 0 Å². The van der Waals surface area contributed by atoms with Gasteiger partial charge in [-0.2, -0.15) is 10.4 Å². The minimum atomic E-state index is -1.00. The molecule has 1 atom stereocenters. The Morgan fingerprint density at radius 2 is 1.89 bits per heavy atom. The third-order valence-electron chi connectivity index (χ3n) is 6.18. The van der Waals surface area contributed by atoms with Crippen molar-refractivity contribution >= 4 is 27.7 Å². The van der Waals surface area contributed by atoms with Gasteiger partial charge in [-0.1, -0.05) is 36.4 Å². The molecule has 2 N–H and O–H groups in total. The molecule has 2 aromatic heterocycles. The summed E-state index contributed by atoms with van der Waals surface area (Å²) < 4.78 is 13.5. The number of hydrogen-bond acceptors (Lipinski definition) is 6. The van der Waals surface area contributed by atoms with E-state index in [9.17, 15) is 10.1 Å². The Balaban J connectivity index is 1.74. The van der Waals surface area contributed by atoms with Gasteiger partial charge in [-0.3, -0.25) is 14.5 Å². The van der Waals surface area contributed by atoms with E-state index in [2.05, 4.69) is 11.1 Å². The maximum Gasteiger partial charge on any atom is 0.263 e. The molecule has 0 spiro atoms.